The summed E-state index contributed by atoms with van der Waals surface area (Å²) < 4.78 is 0. The van der Waals surface area contributed by atoms with E-state index in [1.165, 1.54) is 0 Å². The van der Waals surface area contributed by atoms with Gasteiger partial charge >= 0.3 is 0 Å². The Hall–Kier alpha value is -1.83. The number of hydrogen-bond donors (Lipinski definition) is 2. The third-order valence-corrected chi connectivity index (χ3v) is 3.51. The van der Waals surface area contributed by atoms with Crippen molar-refractivity contribution in [2.75, 3.05) is 19.7 Å². The second-order valence-electron chi connectivity index (χ2n) is 5.46. The second-order valence-corrected chi connectivity index (χ2v) is 5.46. The van der Waals surface area contributed by atoms with Crippen molar-refractivity contribution in [3.05, 3.63) is 34.9 Å². The standard InChI is InChI=1S/C16H19NO3/c1-12-10-14(6-5-13(12)4-3-9-18)15(19)17-8-7-16(2,20)11-17/h5-6,10,18,20H,7-9,11H2,1-2H3. The second kappa shape index (κ2) is 5.66. The molecule has 4 heteroatoms. The highest BCUT2D eigenvalue weighted by Crippen LogP contribution is 2.22. The Labute approximate surface area is 119 Å². The minimum absolute atomic E-state index is 0.0625. The lowest BCUT2D eigenvalue weighted by molar-refractivity contribution is 0.0572. The van der Waals surface area contributed by atoms with Gasteiger partial charge in [0, 0.05) is 24.2 Å². The first-order chi connectivity index (χ1) is 9.43. The molecule has 1 heterocycles. The number of aliphatic hydroxyl groups excluding tert-OH is 1. The Bertz CT molecular complexity index is 581. The molecule has 1 saturated heterocycles. The van der Waals surface area contributed by atoms with Crippen LogP contribution >= 0.6 is 0 Å². The maximum absolute atomic E-state index is 12.4. The number of β-amino-alcohol motifs (C(OH)–C–C–N with tert-alkyl or cyclic N) is 1. The van der Waals surface area contributed by atoms with Crippen LogP contribution in [0.2, 0.25) is 0 Å². The number of hydrogen-bond acceptors (Lipinski definition) is 3. The highest BCUT2D eigenvalue weighted by Gasteiger charge is 2.34. The van der Waals surface area contributed by atoms with Crippen LogP contribution in [-0.2, 0) is 0 Å². The van der Waals surface area contributed by atoms with Gasteiger partial charge in [-0.15, -0.1) is 0 Å². The van der Waals surface area contributed by atoms with Crippen LogP contribution in [0, 0.1) is 18.8 Å². The molecule has 0 saturated carbocycles. The zero-order valence-corrected chi connectivity index (χ0v) is 11.8. The molecule has 0 aliphatic carbocycles. The van der Waals surface area contributed by atoms with E-state index in [1.54, 1.807) is 30.0 Å². The van der Waals surface area contributed by atoms with Crippen molar-refractivity contribution < 1.29 is 15.0 Å². The average Bonchev–Trinajstić information content (AvgIpc) is 2.77. The van der Waals surface area contributed by atoms with Gasteiger partial charge in [0.15, 0.2) is 0 Å². The van der Waals surface area contributed by atoms with Crippen molar-refractivity contribution in [1.29, 1.82) is 0 Å². The van der Waals surface area contributed by atoms with E-state index < -0.39 is 5.60 Å². The molecule has 20 heavy (non-hydrogen) atoms. The van der Waals surface area contributed by atoms with Crippen molar-refractivity contribution in [3.8, 4) is 11.8 Å². The molecule has 0 radical (unpaired) electrons. The maximum atomic E-state index is 12.4. The topological polar surface area (TPSA) is 60.8 Å². The van der Waals surface area contributed by atoms with Gasteiger partial charge in [-0.05, 0) is 44.0 Å². The Morgan fingerprint density at radius 3 is 2.80 bits per heavy atom. The summed E-state index contributed by atoms with van der Waals surface area (Å²) >= 11 is 0. The third-order valence-electron chi connectivity index (χ3n) is 3.51. The van der Waals surface area contributed by atoms with Gasteiger partial charge in [0.1, 0.15) is 6.61 Å². The number of rotatable bonds is 1. The number of aliphatic hydroxyl groups is 2. The minimum Gasteiger partial charge on any atom is -0.388 e. The van der Waals surface area contributed by atoms with E-state index in [4.69, 9.17) is 5.11 Å². The SMILES string of the molecule is Cc1cc(C(=O)N2CCC(C)(O)C2)ccc1C#CCO. The molecule has 0 aromatic heterocycles. The molecular weight excluding hydrogens is 254 g/mol. The Morgan fingerprint density at radius 1 is 1.50 bits per heavy atom. The van der Waals surface area contributed by atoms with Crippen molar-refractivity contribution in [1.82, 2.24) is 4.90 Å². The van der Waals surface area contributed by atoms with Gasteiger partial charge in [-0.1, -0.05) is 11.8 Å². The lowest BCUT2D eigenvalue weighted by atomic mass is 10.0. The monoisotopic (exact) mass is 273 g/mol. The van der Waals surface area contributed by atoms with Crippen LogP contribution in [0.15, 0.2) is 18.2 Å². The van der Waals surface area contributed by atoms with Gasteiger partial charge in [-0.3, -0.25) is 4.79 Å². The average molecular weight is 273 g/mol. The number of carbonyl (C=O) groups is 1. The van der Waals surface area contributed by atoms with E-state index in [1.807, 2.05) is 6.92 Å². The molecule has 4 nitrogen and oxygen atoms in total. The van der Waals surface area contributed by atoms with E-state index in [0.717, 1.165) is 11.1 Å². The van der Waals surface area contributed by atoms with Gasteiger partial charge in [0.25, 0.3) is 5.91 Å². The molecule has 2 rings (SSSR count). The maximum Gasteiger partial charge on any atom is 0.253 e. The molecular formula is C16H19NO3. The summed E-state index contributed by atoms with van der Waals surface area (Å²) in [6.07, 6.45) is 0.609. The quantitative estimate of drug-likeness (QED) is 0.749. The zero-order chi connectivity index (χ0) is 14.8. The Kier molecular flexibility index (Phi) is 4.12. The molecule has 1 aliphatic rings. The Balaban J connectivity index is 2.18. The van der Waals surface area contributed by atoms with Crippen LogP contribution in [-0.4, -0.2) is 46.3 Å². The van der Waals surface area contributed by atoms with Crippen LogP contribution in [0.3, 0.4) is 0 Å². The predicted molar refractivity (Wildman–Crippen MR) is 76.3 cm³/mol. The number of carbonyl (C=O) groups excluding carboxylic acids is 1. The molecule has 1 aromatic rings. The number of benzene rings is 1. The van der Waals surface area contributed by atoms with Crippen LogP contribution in [0.1, 0.15) is 34.8 Å². The summed E-state index contributed by atoms with van der Waals surface area (Å²) in [6, 6.07) is 5.33. The lowest BCUT2D eigenvalue weighted by Gasteiger charge is -2.19. The van der Waals surface area contributed by atoms with Crippen LogP contribution in [0.5, 0.6) is 0 Å². The highest BCUT2D eigenvalue weighted by molar-refractivity contribution is 5.94. The number of nitrogens with zero attached hydrogens (tertiary/aromatic N) is 1. The van der Waals surface area contributed by atoms with Crippen LogP contribution < -0.4 is 0 Å². The van der Waals surface area contributed by atoms with Crippen LogP contribution in [0.4, 0.5) is 0 Å². The van der Waals surface area contributed by atoms with E-state index in [2.05, 4.69) is 11.8 Å². The molecule has 1 unspecified atom stereocenters. The summed E-state index contributed by atoms with van der Waals surface area (Å²) in [5, 5.41) is 18.6. The van der Waals surface area contributed by atoms with Crippen molar-refractivity contribution in [2.45, 2.75) is 25.9 Å². The minimum atomic E-state index is -0.781. The van der Waals surface area contributed by atoms with E-state index in [0.29, 0.717) is 25.1 Å². The highest BCUT2D eigenvalue weighted by atomic mass is 16.3. The summed E-state index contributed by atoms with van der Waals surface area (Å²) in [5.41, 5.74) is 1.54. The number of amides is 1. The van der Waals surface area contributed by atoms with Crippen LogP contribution in [0.25, 0.3) is 0 Å². The smallest absolute Gasteiger partial charge is 0.253 e. The first-order valence-corrected chi connectivity index (χ1v) is 6.65. The molecule has 1 fully saturated rings. The largest absolute Gasteiger partial charge is 0.388 e. The first kappa shape index (κ1) is 14.6. The number of likely N-dealkylation sites (tertiary alicyclic amines) is 1. The lowest BCUT2D eigenvalue weighted by Crippen LogP contribution is -2.33. The molecule has 2 N–H and O–H groups in total. The van der Waals surface area contributed by atoms with E-state index in [9.17, 15) is 9.90 Å². The van der Waals surface area contributed by atoms with E-state index >= 15 is 0 Å². The number of aryl methyl sites for hydroxylation is 1. The summed E-state index contributed by atoms with van der Waals surface area (Å²) in [7, 11) is 0. The van der Waals surface area contributed by atoms with Crippen molar-refractivity contribution in [3.63, 3.8) is 0 Å². The van der Waals surface area contributed by atoms with Gasteiger partial charge < -0.3 is 15.1 Å². The molecule has 0 spiro atoms. The summed E-state index contributed by atoms with van der Waals surface area (Å²) in [5.74, 6) is 5.38. The molecule has 0 bridgehead atoms. The Morgan fingerprint density at radius 2 is 2.25 bits per heavy atom. The molecule has 1 aliphatic heterocycles. The van der Waals surface area contributed by atoms with Crippen molar-refractivity contribution in [2.24, 2.45) is 0 Å². The fourth-order valence-electron chi connectivity index (χ4n) is 2.37. The summed E-state index contributed by atoms with van der Waals surface area (Å²) in [4.78, 5) is 14.0. The fourth-order valence-corrected chi connectivity index (χ4v) is 2.37. The molecule has 1 amide bonds. The van der Waals surface area contributed by atoms with Gasteiger partial charge in [0.05, 0.1) is 5.60 Å². The summed E-state index contributed by atoms with van der Waals surface area (Å²) in [6.45, 7) is 4.41. The fraction of sp³-hybridized carbons (Fsp3) is 0.438. The van der Waals surface area contributed by atoms with Crippen molar-refractivity contribution >= 4 is 5.91 Å². The first-order valence-electron chi connectivity index (χ1n) is 6.65. The third kappa shape index (κ3) is 3.19. The molecule has 1 aromatic carbocycles. The van der Waals surface area contributed by atoms with Gasteiger partial charge in [-0.25, -0.2) is 0 Å². The normalized spacial score (nSPS) is 21.5. The zero-order valence-electron chi connectivity index (χ0n) is 11.8. The van der Waals surface area contributed by atoms with Gasteiger partial charge in [0.2, 0.25) is 0 Å². The predicted octanol–water partition coefficient (Wildman–Crippen LogP) is 0.936. The van der Waals surface area contributed by atoms with E-state index in [-0.39, 0.29) is 12.5 Å². The van der Waals surface area contributed by atoms with Gasteiger partial charge in [-0.2, -0.15) is 0 Å². The molecule has 106 valence electrons. The molecule has 1 atom stereocenters.